The van der Waals surface area contributed by atoms with Gasteiger partial charge in [0.2, 0.25) is 0 Å². The van der Waals surface area contributed by atoms with Crippen LogP contribution >= 0.6 is 11.3 Å². The molecule has 1 aromatic carbocycles. The van der Waals surface area contributed by atoms with Gasteiger partial charge in [-0.25, -0.2) is 13.4 Å². The highest BCUT2D eigenvalue weighted by atomic mass is 32.2. The van der Waals surface area contributed by atoms with E-state index in [2.05, 4.69) is 9.71 Å². The van der Waals surface area contributed by atoms with Crippen molar-refractivity contribution in [2.24, 2.45) is 0 Å². The molecule has 0 amide bonds. The molecule has 5 nitrogen and oxygen atoms in total. The third-order valence-electron chi connectivity index (χ3n) is 3.84. The van der Waals surface area contributed by atoms with Gasteiger partial charge in [0.1, 0.15) is 4.21 Å². The van der Waals surface area contributed by atoms with E-state index in [1.807, 2.05) is 19.1 Å². The van der Waals surface area contributed by atoms with Crippen LogP contribution < -0.4 is 4.72 Å². The first-order valence-corrected chi connectivity index (χ1v) is 9.97. The Bertz CT molecular complexity index is 967. The van der Waals surface area contributed by atoms with Gasteiger partial charge in [-0.3, -0.25) is 4.72 Å². The van der Waals surface area contributed by atoms with E-state index >= 15 is 0 Å². The van der Waals surface area contributed by atoms with E-state index in [4.69, 9.17) is 4.42 Å². The van der Waals surface area contributed by atoms with Gasteiger partial charge in [0.25, 0.3) is 10.0 Å². The minimum absolute atomic E-state index is 0.252. The van der Waals surface area contributed by atoms with E-state index in [-0.39, 0.29) is 4.21 Å². The Hall–Kier alpha value is -2.12. The normalized spacial score (nSPS) is 14.7. The summed E-state index contributed by atoms with van der Waals surface area (Å²) in [5, 5.41) is 0. The molecule has 3 aromatic rings. The second-order valence-corrected chi connectivity index (χ2v) is 8.92. The number of sulfonamides is 1. The monoisotopic (exact) mass is 360 g/mol. The summed E-state index contributed by atoms with van der Waals surface area (Å²) in [6.45, 7) is 1.96. The maximum Gasteiger partial charge on any atom is 0.271 e. The van der Waals surface area contributed by atoms with Crippen LogP contribution in [0.2, 0.25) is 0 Å². The molecule has 2 aromatic heterocycles. The number of nitrogens with one attached hydrogen (secondary N) is 1. The Morgan fingerprint density at radius 3 is 2.62 bits per heavy atom. The molecule has 124 valence electrons. The molecule has 1 saturated carbocycles. The summed E-state index contributed by atoms with van der Waals surface area (Å²) >= 11 is 1.18. The quantitative estimate of drug-likeness (QED) is 0.732. The lowest BCUT2D eigenvalue weighted by atomic mass is 10.2. The number of nitrogens with zero attached hydrogens (tertiary/aromatic N) is 1. The second-order valence-electron chi connectivity index (χ2n) is 5.93. The van der Waals surface area contributed by atoms with E-state index in [1.165, 1.54) is 11.3 Å². The molecule has 1 fully saturated rings. The zero-order valence-corrected chi connectivity index (χ0v) is 14.7. The van der Waals surface area contributed by atoms with Crippen molar-refractivity contribution in [1.82, 2.24) is 4.98 Å². The van der Waals surface area contributed by atoms with Crippen molar-refractivity contribution in [3.05, 3.63) is 54.0 Å². The maximum atomic E-state index is 12.5. The van der Waals surface area contributed by atoms with Crippen LogP contribution in [0.25, 0.3) is 10.6 Å². The van der Waals surface area contributed by atoms with Crippen molar-refractivity contribution in [2.45, 2.75) is 29.9 Å². The van der Waals surface area contributed by atoms with Gasteiger partial charge in [-0.15, -0.1) is 11.3 Å². The van der Waals surface area contributed by atoms with E-state index in [1.54, 1.807) is 30.5 Å². The minimum atomic E-state index is -3.60. The Balaban J connectivity index is 1.57. The van der Waals surface area contributed by atoms with Crippen molar-refractivity contribution in [1.29, 1.82) is 0 Å². The second kappa shape index (κ2) is 5.75. The Morgan fingerprint density at radius 2 is 1.92 bits per heavy atom. The zero-order valence-electron chi connectivity index (χ0n) is 13.0. The van der Waals surface area contributed by atoms with Crippen LogP contribution in [0.15, 0.2) is 51.2 Å². The van der Waals surface area contributed by atoms with Gasteiger partial charge in [0, 0.05) is 11.6 Å². The van der Waals surface area contributed by atoms with Crippen LogP contribution in [0.3, 0.4) is 0 Å². The number of hydrogen-bond acceptors (Lipinski definition) is 5. The standard InChI is InChI=1S/C17H16N2O3S2/c1-11-2-6-13(7-3-11)19-24(20,21)16-9-8-15(23-16)14-10-18-17(22-14)12-4-5-12/h2-3,6-10,12,19H,4-5H2,1H3. The number of thiophene rings is 1. The van der Waals surface area contributed by atoms with Crippen LogP contribution in [-0.4, -0.2) is 13.4 Å². The number of rotatable bonds is 5. The molecule has 7 heteroatoms. The van der Waals surface area contributed by atoms with Gasteiger partial charge in [-0.1, -0.05) is 17.7 Å². The summed E-state index contributed by atoms with van der Waals surface area (Å²) in [6.07, 6.45) is 3.90. The predicted molar refractivity (Wildman–Crippen MR) is 93.8 cm³/mol. The Labute approximate surface area is 144 Å². The van der Waals surface area contributed by atoms with Crippen molar-refractivity contribution in [3.63, 3.8) is 0 Å². The largest absolute Gasteiger partial charge is 0.440 e. The number of anilines is 1. The molecule has 0 unspecified atom stereocenters. The zero-order chi connectivity index (χ0) is 16.7. The molecule has 4 rings (SSSR count). The third-order valence-corrected chi connectivity index (χ3v) is 6.82. The van der Waals surface area contributed by atoms with Gasteiger partial charge in [0.15, 0.2) is 11.7 Å². The SMILES string of the molecule is Cc1ccc(NS(=O)(=O)c2ccc(-c3cnc(C4CC4)o3)s2)cc1. The average Bonchev–Trinajstić information content (AvgIpc) is 3.09. The summed E-state index contributed by atoms with van der Waals surface area (Å²) < 4.78 is 33.6. The fraction of sp³-hybridized carbons (Fsp3) is 0.235. The molecule has 0 aliphatic heterocycles. The molecule has 0 bridgehead atoms. The fourth-order valence-electron chi connectivity index (χ4n) is 2.34. The first kappa shape index (κ1) is 15.4. The minimum Gasteiger partial charge on any atom is -0.440 e. The van der Waals surface area contributed by atoms with Crippen LogP contribution in [0.1, 0.15) is 30.2 Å². The van der Waals surface area contributed by atoms with Gasteiger partial charge in [0.05, 0.1) is 11.1 Å². The molecular weight excluding hydrogens is 344 g/mol. The summed E-state index contributed by atoms with van der Waals surface area (Å²) in [4.78, 5) is 5.04. The van der Waals surface area contributed by atoms with Crippen LogP contribution in [0, 0.1) is 6.92 Å². The van der Waals surface area contributed by atoms with E-state index in [0.717, 1.165) is 29.2 Å². The topological polar surface area (TPSA) is 72.2 Å². The molecule has 0 atom stereocenters. The van der Waals surface area contributed by atoms with E-state index in [9.17, 15) is 8.42 Å². The van der Waals surface area contributed by atoms with Crippen molar-refractivity contribution in [2.75, 3.05) is 4.72 Å². The van der Waals surface area contributed by atoms with Crippen molar-refractivity contribution in [3.8, 4) is 10.6 Å². The van der Waals surface area contributed by atoms with Crippen molar-refractivity contribution < 1.29 is 12.8 Å². The fourth-order valence-corrected chi connectivity index (χ4v) is 4.66. The molecule has 0 radical (unpaired) electrons. The lowest BCUT2D eigenvalue weighted by Gasteiger charge is -2.06. The number of benzene rings is 1. The summed E-state index contributed by atoms with van der Waals surface area (Å²) in [5.74, 6) is 1.81. The number of aromatic nitrogens is 1. The van der Waals surface area contributed by atoms with Crippen LogP contribution in [0.5, 0.6) is 0 Å². The molecular formula is C17H16N2O3S2. The Morgan fingerprint density at radius 1 is 1.17 bits per heavy atom. The summed E-state index contributed by atoms with van der Waals surface area (Å²) in [7, 11) is -3.60. The first-order valence-electron chi connectivity index (χ1n) is 7.67. The Kier molecular flexibility index (Phi) is 3.69. The number of hydrogen-bond donors (Lipinski definition) is 1. The van der Waals surface area contributed by atoms with Gasteiger partial charge >= 0.3 is 0 Å². The highest BCUT2D eigenvalue weighted by Gasteiger charge is 2.29. The van der Waals surface area contributed by atoms with Gasteiger partial charge in [-0.2, -0.15) is 0 Å². The lowest BCUT2D eigenvalue weighted by molar-refractivity contribution is 0.510. The predicted octanol–water partition coefficient (Wildman–Crippen LogP) is 4.39. The molecule has 2 heterocycles. The smallest absolute Gasteiger partial charge is 0.271 e. The lowest BCUT2D eigenvalue weighted by Crippen LogP contribution is -2.11. The molecule has 24 heavy (non-hydrogen) atoms. The maximum absolute atomic E-state index is 12.5. The van der Waals surface area contributed by atoms with Crippen LogP contribution in [0.4, 0.5) is 5.69 Å². The van der Waals surface area contributed by atoms with Gasteiger partial charge < -0.3 is 4.42 Å². The molecule has 1 N–H and O–H groups in total. The molecule has 1 aliphatic carbocycles. The van der Waals surface area contributed by atoms with Gasteiger partial charge in [-0.05, 0) is 44.0 Å². The first-order chi connectivity index (χ1) is 11.5. The summed E-state index contributed by atoms with van der Waals surface area (Å²) in [6, 6.07) is 10.6. The van der Waals surface area contributed by atoms with E-state index in [0.29, 0.717) is 17.4 Å². The molecule has 0 saturated heterocycles. The average molecular weight is 360 g/mol. The number of aryl methyl sites for hydroxylation is 1. The highest BCUT2D eigenvalue weighted by molar-refractivity contribution is 7.94. The highest BCUT2D eigenvalue weighted by Crippen LogP contribution is 2.41. The van der Waals surface area contributed by atoms with E-state index < -0.39 is 10.0 Å². The van der Waals surface area contributed by atoms with Crippen molar-refractivity contribution >= 4 is 27.0 Å². The summed E-state index contributed by atoms with van der Waals surface area (Å²) in [5.41, 5.74) is 1.62. The van der Waals surface area contributed by atoms with Crippen LogP contribution in [-0.2, 0) is 10.0 Å². The number of oxazole rings is 1. The third kappa shape index (κ3) is 3.09. The molecule has 1 aliphatic rings. The molecule has 0 spiro atoms.